The van der Waals surface area contributed by atoms with Gasteiger partial charge < -0.3 is 44.1 Å². The Labute approximate surface area is 232 Å². The van der Waals surface area contributed by atoms with Crippen LogP contribution in [0.4, 0.5) is 0 Å². The highest BCUT2D eigenvalue weighted by Gasteiger charge is 2.83. The number of hydrogen-bond donors (Lipinski definition) is 4. The summed E-state index contributed by atoms with van der Waals surface area (Å²) >= 11 is 0. The molecule has 40 heavy (non-hydrogen) atoms. The molecule has 3 aliphatic carbocycles. The Balaban J connectivity index is 1.30. The molecule has 220 valence electrons. The highest BCUT2D eigenvalue weighted by Crippen LogP contribution is 2.74. The van der Waals surface area contributed by atoms with Crippen LogP contribution < -0.4 is 0 Å². The summed E-state index contributed by atoms with van der Waals surface area (Å²) in [6, 6.07) is 0. The van der Waals surface area contributed by atoms with Gasteiger partial charge in [-0.25, -0.2) is 9.59 Å². The first kappa shape index (κ1) is 27.0. The van der Waals surface area contributed by atoms with Crippen molar-refractivity contribution in [1.82, 2.24) is 0 Å². The molecule has 7 fully saturated rings. The van der Waals surface area contributed by atoms with E-state index in [1.165, 1.54) is 12.2 Å². The van der Waals surface area contributed by atoms with Crippen molar-refractivity contribution in [3.05, 3.63) is 23.8 Å². The molecule has 0 unspecified atom stereocenters. The van der Waals surface area contributed by atoms with E-state index in [0.717, 1.165) is 0 Å². The summed E-state index contributed by atoms with van der Waals surface area (Å²) in [6.07, 6.45) is 1.20. The third kappa shape index (κ3) is 3.25. The van der Waals surface area contributed by atoms with Crippen LogP contribution in [0.15, 0.2) is 23.8 Å². The van der Waals surface area contributed by atoms with Crippen molar-refractivity contribution in [2.24, 2.45) is 16.7 Å². The number of aliphatic hydroxyl groups is 4. The van der Waals surface area contributed by atoms with E-state index in [9.17, 15) is 30.0 Å². The van der Waals surface area contributed by atoms with Crippen LogP contribution in [-0.4, -0.2) is 99.2 Å². The van der Waals surface area contributed by atoms with E-state index in [1.807, 2.05) is 6.92 Å². The Hall–Kier alpha value is -1.86. The van der Waals surface area contributed by atoms with E-state index in [-0.39, 0.29) is 25.6 Å². The summed E-state index contributed by atoms with van der Waals surface area (Å²) in [5.74, 6) is -1.57. The molecule has 1 spiro atoms. The van der Waals surface area contributed by atoms with Crippen molar-refractivity contribution in [2.75, 3.05) is 13.2 Å². The Morgan fingerprint density at radius 1 is 1.00 bits per heavy atom. The third-order valence-electron chi connectivity index (χ3n) is 11.7. The highest BCUT2D eigenvalue weighted by atomic mass is 16.7. The van der Waals surface area contributed by atoms with Gasteiger partial charge >= 0.3 is 11.9 Å². The van der Waals surface area contributed by atoms with E-state index in [1.54, 1.807) is 13.0 Å². The molecule has 8 aliphatic rings. The first-order valence-electron chi connectivity index (χ1n) is 14.4. The molecule has 0 amide bonds. The maximum absolute atomic E-state index is 13.3. The quantitative estimate of drug-likeness (QED) is 0.303. The molecule has 0 radical (unpaired) electrons. The normalized spacial score (nSPS) is 57.5. The topological polar surface area (TPSA) is 161 Å². The first-order valence-corrected chi connectivity index (χ1v) is 14.4. The zero-order valence-electron chi connectivity index (χ0n) is 22.8. The lowest BCUT2D eigenvalue weighted by Crippen LogP contribution is -2.80. The van der Waals surface area contributed by atoms with E-state index >= 15 is 0 Å². The van der Waals surface area contributed by atoms with Crippen LogP contribution in [0.5, 0.6) is 0 Å². The van der Waals surface area contributed by atoms with Gasteiger partial charge in [0.15, 0.2) is 6.29 Å². The average molecular weight is 563 g/mol. The van der Waals surface area contributed by atoms with E-state index in [4.69, 9.17) is 23.7 Å². The van der Waals surface area contributed by atoms with Crippen LogP contribution in [0.25, 0.3) is 0 Å². The molecule has 5 aliphatic heterocycles. The SMILES string of the molecule is C[C@]12[C@H]3C[C@H]4O[C@@H]5[C@H](C[C@]41O)[C@@](C)(O)CC[C@@]52COC(=O)/C=C1\CCO[C@]2(CC/C=C\C(=O)O3)[C@@H]1O[C@H](O)[C@H]2O. The predicted octanol–water partition coefficient (Wildman–Crippen LogP) is 0.415. The fourth-order valence-electron chi connectivity index (χ4n) is 9.44. The van der Waals surface area contributed by atoms with Gasteiger partial charge in [-0.1, -0.05) is 13.0 Å². The molecule has 3 saturated carbocycles. The summed E-state index contributed by atoms with van der Waals surface area (Å²) in [7, 11) is 0. The maximum atomic E-state index is 13.3. The molecule has 5 heterocycles. The number of hydrogen-bond acceptors (Lipinski definition) is 11. The number of carbonyl (C=O) groups is 2. The molecule has 8 rings (SSSR count). The Morgan fingerprint density at radius 3 is 2.60 bits per heavy atom. The molecular formula is C29H38O11. The van der Waals surface area contributed by atoms with Crippen molar-refractivity contribution in [2.45, 2.75) is 112 Å². The van der Waals surface area contributed by atoms with Crippen molar-refractivity contribution < 1.29 is 53.7 Å². The van der Waals surface area contributed by atoms with Gasteiger partial charge in [-0.05, 0) is 51.0 Å². The van der Waals surface area contributed by atoms with Crippen LogP contribution in [0, 0.1) is 16.7 Å². The lowest BCUT2D eigenvalue weighted by molar-refractivity contribution is -0.377. The second-order valence-corrected chi connectivity index (χ2v) is 13.3. The third-order valence-corrected chi connectivity index (χ3v) is 11.7. The summed E-state index contributed by atoms with van der Waals surface area (Å²) in [5, 5.41) is 44.7. The van der Waals surface area contributed by atoms with Crippen LogP contribution in [0.3, 0.4) is 0 Å². The minimum absolute atomic E-state index is 0.0965. The monoisotopic (exact) mass is 562 g/mol. The fraction of sp³-hybridized carbons (Fsp3) is 0.793. The zero-order chi connectivity index (χ0) is 28.3. The van der Waals surface area contributed by atoms with E-state index < -0.39 is 76.4 Å². The molecular weight excluding hydrogens is 524 g/mol. The predicted molar refractivity (Wildman–Crippen MR) is 134 cm³/mol. The van der Waals surface area contributed by atoms with Gasteiger partial charge in [0.25, 0.3) is 0 Å². The van der Waals surface area contributed by atoms with Gasteiger partial charge in [0, 0.05) is 35.3 Å². The van der Waals surface area contributed by atoms with Gasteiger partial charge in [-0.2, -0.15) is 0 Å². The van der Waals surface area contributed by atoms with Gasteiger partial charge in [0.2, 0.25) is 0 Å². The first-order chi connectivity index (χ1) is 18.9. The molecule has 4 saturated heterocycles. The molecule has 4 N–H and O–H groups in total. The Kier molecular flexibility index (Phi) is 5.80. The summed E-state index contributed by atoms with van der Waals surface area (Å²) in [5.41, 5.74) is -5.07. The standard InChI is InChI=1S/C29H38O11/c1-25(34)8-9-27-14-36-20(31)11-15-6-10-37-28(21(32)24(33)40-22(15)28)7-4-3-5-19(30)38-17-12-18-29(35,26(17,27)2)13-16(25)23(27)39-18/h3,5,11,16-18,21-24,32-35H,4,6-10,12-14H2,1-2H3/b5-3-,15-11+/t16-,17+,18+,21+,22+,23+,24-,25-,26+,27+,28-,29-/m0/s1. The molecule has 11 nitrogen and oxygen atoms in total. The minimum atomic E-state index is -1.49. The number of rotatable bonds is 0. The summed E-state index contributed by atoms with van der Waals surface area (Å²) in [4.78, 5) is 26.4. The van der Waals surface area contributed by atoms with Gasteiger partial charge in [0.1, 0.15) is 36.1 Å². The van der Waals surface area contributed by atoms with Crippen molar-refractivity contribution >= 4 is 11.9 Å². The largest absolute Gasteiger partial charge is 0.462 e. The van der Waals surface area contributed by atoms with Gasteiger partial charge in [0.05, 0.1) is 24.4 Å². The molecule has 0 aromatic heterocycles. The lowest BCUT2D eigenvalue weighted by atomic mass is 9.40. The Morgan fingerprint density at radius 2 is 1.80 bits per heavy atom. The number of aliphatic hydroxyl groups excluding tert-OH is 2. The van der Waals surface area contributed by atoms with Crippen LogP contribution in [0.2, 0.25) is 0 Å². The van der Waals surface area contributed by atoms with Crippen LogP contribution in [0.1, 0.15) is 58.8 Å². The molecule has 12 atom stereocenters. The number of allylic oxidation sites excluding steroid dienone is 1. The Bertz CT molecular complexity index is 1180. The maximum Gasteiger partial charge on any atom is 0.330 e. The van der Waals surface area contributed by atoms with E-state index in [2.05, 4.69) is 0 Å². The van der Waals surface area contributed by atoms with Crippen molar-refractivity contribution in [3.8, 4) is 0 Å². The van der Waals surface area contributed by atoms with E-state index in [0.29, 0.717) is 44.1 Å². The van der Waals surface area contributed by atoms with Crippen LogP contribution >= 0.6 is 0 Å². The smallest absolute Gasteiger partial charge is 0.330 e. The zero-order valence-corrected chi connectivity index (χ0v) is 22.8. The lowest BCUT2D eigenvalue weighted by Gasteiger charge is -2.71. The van der Waals surface area contributed by atoms with Crippen molar-refractivity contribution in [3.63, 3.8) is 0 Å². The highest BCUT2D eigenvalue weighted by molar-refractivity contribution is 5.83. The fourth-order valence-corrected chi connectivity index (χ4v) is 9.44. The number of cyclic esters (lactones) is 1. The molecule has 8 bridgehead atoms. The summed E-state index contributed by atoms with van der Waals surface area (Å²) in [6.45, 7) is 3.79. The minimum Gasteiger partial charge on any atom is -0.462 e. The number of carbonyl (C=O) groups excluding carboxylic acids is 2. The number of esters is 2. The average Bonchev–Trinajstić information content (AvgIpc) is 3.24. The summed E-state index contributed by atoms with van der Waals surface area (Å²) < 4.78 is 30.1. The van der Waals surface area contributed by atoms with Crippen molar-refractivity contribution in [1.29, 1.82) is 0 Å². The molecule has 0 aromatic carbocycles. The molecule has 11 heteroatoms. The molecule has 0 aromatic rings. The van der Waals surface area contributed by atoms with Crippen LogP contribution in [-0.2, 0) is 33.3 Å². The number of ether oxygens (including phenoxy) is 5. The van der Waals surface area contributed by atoms with Gasteiger partial charge in [-0.15, -0.1) is 0 Å². The second kappa shape index (κ2) is 8.59. The second-order valence-electron chi connectivity index (χ2n) is 13.3. The van der Waals surface area contributed by atoms with Gasteiger partial charge in [-0.3, -0.25) is 0 Å².